The Labute approximate surface area is 216 Å². The number of hydrogen-bond donors (Lipinski definition) is 5. The molecule has 0 aromatic carbocycles. The van der Waals surface area contributed by atoms with Gasteiger partial charge < -0.3 is 36.7 Å². The smallest absolute Gasteiger partial charge is 0.306 e. The van der Waals surface area contributed by atoms with Gasteiger partial charge in [0.2, 0.25) is 12.2 Å². The minimum Gasteiger partial charge on any atom is -0.448 e. The molecule has 0 spiro atoms. The Morgan fingerprint density at radius 2 is 0.972 bits per heavy atom. The molecule has 0 bridgehead atoms. The van der Waals surface area contributed by atoms with E-state index in [4.69, 9.17) is 26.0 Å². The maximum atomic E-state index is 12.7. The van der Waals surface area contributed by atoms with E-state index in [0.717, 1.165) is 58.5 Å². The fourth-order valence-corrected chi connectivity index (χ4v) is 3.24. The normalized spacial score (nSPS) is 11.9. The van der Waals surface area contributed by atoms with Gasteiger partial charge in [0.15, 0.2) is 0 Å². The summed E-state index contributed by atoms with van der Waals surface area (Å²) in [5, 5.41) is 12.0. The fourth-order valence-electron chi connectivity index (χ4n) is 3.24. The van der Waals surface area contributed by atoms with Gasteiger partial charge in [0.1, 0.15) is 0 Å². The topological polar surface area (TPSA) is 183 Å². The van der Waals surface area contributed by atoms with E-state index < -0.39 is 36.0 Å². The number of esters is 2. The van der Waals surface area contributed by atoms with E-state index in [0.29, 0.717) is 12.8 Å². The zero-order valence-corrected chi connectivity index (χ0v) is 22.5. The predicted octanol–water partition coefficient (Wildman–Crippen LogP) is 1.29. The number of rotatable bonds is 21. The summed E-state index contributed by atoms with van der Waals surface area (Å²) in [6.07, 6.45) is 6.25. The van der Waals surface area contributed by atoms with Gasteiger partial charge in [0, 0.05) is 46.1 Å². The molecule has 0 heterocycles. The van der Waals surface area contributed by atoms with E-state index in [1.165, 1.54) is 0 Å². The SMILES string of the molecule is CCCCCCCC(=O)OC(C(=O)NCCN)C(OC(=O)CCCCCCC)C(=O)NCCN.CO. The van der Waals surface area contributed by atoms with Crippen molar-refractivity contribution in [2.75, 3.05) is 33.3 Å². The van der Waals surface area contributed by atoms with Crippen molar-refractivity contribution in [2.24, 2.45) is 11.5 Å². The second kappa shape index (κ2) is 25.8. The largest absolute Gasteiger partial charge is 0.448 e. The van der Waals surface area contributed by atoms with Crippen LogP contribution in [0.2, 0.25) is 0 Å². The second-order valence-corrected chi connectivity index (χ2v) is 8.31. The van der Waals surface area contributed by atoms with Crippen LogP contribution >= 0.6 is 0 Å². The van der Waals surface area contributed by atoms with Gasteiger partial charge in [-0.1, -0.05) is 65.2 Å². The average molecular weight is 519 g/mol. The van der Waals surface area contributed by atoms with E-state index >= 15 is 0 Å². The van der Waals surface area contributed by atoms with Crippen LogP contribution in [0.25, 0.3) is 0 Å². The third kappa shape index (κ3) is 19.0. The highest BCUT2D eigenvalue weighted by molar-refractivity contribution is 5.93. The summed E-state index contributed by atoms with van der Waals surface area (Å²) in [5.41, 5.74) is 10.9. The first kappa shape index (κ1) is 35.9. The number of unbranched alkanes of at least 4 members (excludes halogenated alkanes) is 8. The van der Waals surface area contributed by atoms with E-state index in [9.17, 15) is 19.2 Å². The molecule has 2 atom stereocenters. The van der Waals surface area contributed by atoms with E-state index in [1.54, 1.807) is 0 Å². The molecule has 7 N–H and O–H groups in total. The summed E-state index contributed by atoms with van der Waals surface area (Å²) in [6, 6.07) is 0. The zero-order valence-electron chi connectivity index (χ0n) is 22.5. The fraction of sp³-hybridized carbons (Fsp3) is 0.840. The summed E-state index contributed by atoms with van der Waals surface area (Å²) < 4.78 is 10.8. The molecule has 0 fully saturated rings. The molecule has 0 radical (unpaired) electrons. The lowest BCUT2D eigenvalue weighted by atomic mass is 10.1. The number of nitrogens with one attached hydrogen (secondary N) is 2. The van der Waals surface area contributed by atoms with Gasteiger partial charge >= 0.3 is 11.9 Å². The molecule has 0 aromatic rings. The van der Waals surface area contributed by atoms with Crippen LogP contribution in [0.3, 0.4) is 0 Å². The first-order chi connectivity index (χ1) is 17.4. The first-order valence-electron chi connectivity index (χ1n) is 13.2. The maximum absolute atomic E-state index is 12.7. The summed E-state index contributed by atoms with van der Waals surface area (Å²) in [5.74, 6) is -2.74. The monoisotopic (exact) mass is 518 g/mol. The standard InChI is InChI=1S/C24H46N4O6.CH4O/c1-3-5-7-9-11-13-19(29)33-21(23(31)27-17-15-25)22(24(32)28-18-16-26)34-20(30)14-12-10-8-6-4-2;1-2/h21-22H,3-18,25-26H2,1-2H3,(H,27,31)(H,28,32);2H,1H3. The number of amides is 2. The Bertz CT molecular complexity index is 541. The molecule has 0 saturated carbocycles. The van der Waals surface area contributed by atoms with E-state index in [2.05, 4.69) is 24.5 Å². The zero-order chi connectivity index (χ0) is 27.6. The molecule has 0 aliphatic rings. The minimum atomic E-state index is -1.61. The molecule has 11 nitrogen and oxygen atoms in total. The van der Waals surface area contributed by atoms with Crippen molar-refractivity contribution >= 4 is 23.8 Å². The third-order valence-electron chi connectivity index (χ3n) is 5.16. The summed E-state index contributed by atoms with van der Waals surface area (Å²) in [6.45, 7) is 4.75. The van der Waals surface area contributed by atoms with Crippen molar-refractivity contribution in [2.45, 2.75) is 103 Å². The lowest BCUT2D eigenvalue weighted by molar-refractivity contribution is -0.176. The number of carbonyl (C=O) groups excluding carboxylic acids is 4. The van der Waals surface area contributed by atoms with Gasteiger partial charge in [-0.15, -0.1) is 0 Å². The Kier molecular flexibility index (Phi) is 25.8. The lowest BCUT2D eigenvalue weighted by Gasteiger charge is -2.25. The van der Waals surface area contributed by atoms with Crippen molar-refractivity contribution in [3.05, 3.63) is 0 Å². The summed E-state index contributed by atoms with van der Waals surface area (Å²) in [7, 11) is 1.00. The van der Waals surface area contributed by atoms with Crippen molar-refractivity contribution in [3.63, 3.8) is 0 Å². The number of ether oxygens (including phenoxy) is 2. The quantitative estimate of drug-likeness (QED) is 0.110. The van der Waals surface area contributed by atoms with Gasteiger partial charge in [-0.25, -0.2) is 0 Å². The number of carbonyl (C=O) groups is 4. The molecule has 0 saturated heterocycles. The van der Waals surface area contributed by atoms with Gasteiger partial charge in [-0.3, -0.25) is 19.2 Å². The van der Waals surface area contributed by atoms with Crippen molar-refractivity contribution in [3.8, 4) is 0 Å². The minimum absolute atomic E-state index is 0.104. The van der Waals surface area contributed by atoms with Gasteiger partial charge in [0.05, 0.1) is 0 Å². The van der Waals surface area contributed by atoms with Crippen LogP contribution in [0, 0.1) is 0 Å². The van der Waals surface area contributed by atoms with Crippen LogP contribution in [-0.4, -0.2) is 74.4 Å². The summed E-state index contributed by atoms with van der Waals surface area (Å²) in [4.78, 5) is 50.4. The summed E-state index contributed by atoms with van der Waals surface area (Å²) >= 11 is 0. The Hall–Kier alpha value is -2.24. The van der Waals surface area contributed by atoms with Crippen LogP contribution in [0.4, 0.5) is 0 Å². The van der Waals surface area contributed by atoms with Crippen LogP contribution in [0.5, 0.6) is 0 Å². The number of aliphatic hydroxyl groups excluding tert-OH is 1. The highest BCUT2D eigenvalue weighted by Gasteiger charge is 2.39. The Morgan fingerprint density at radius 3 is 1.28 bits per heavy atom. The van der Waals surface area contributed by atoms with Gasteiger partial charge in [0.25, 0.3) is 11.8 Å². The molecular weight excluding hydrogens is 468 g/mol. The van der Waals surface area contributed by atoms with Crippen LogP contribution in [0.1, 0.15) is 90.9 Å². The van der Waals surface area contributed by atoms with Crippen LogP contribution < -0.4 is 22.1 Å². The van der Waals surface area contributed by atoms with Gasteiger partial charge in [-0.05, 0) is 12.8 Å². The molecule has 0 rings (SSSR count). The molecule has 0 aliphatic heterocycles. The highest BCUT2D eigenvalue weighted by Crippen LogP contribution is 2.13. The third-order valence-corrected chi connectivity index (χ3v) is 5.16. The lowest BCUT2D eigenvalue weighted by Crippen LogP contribution is -2.54. The Morgan fingerprint density at radius 1 is 0.639 bits per heavy atom. The van der Waals surface area contributed by atoms with Crippen LogP contribution in [-0.2, 0) is 28.7 Å². The Balaban J connectivity index is 0. The molecule has 0 aromatic heterocycles. The molecule has 11 heteroatoms. The molecule has 2 unspecified atom stereocenters. The highest BCUT2D eigenvalue weighted by atomic mass is 16.6. The number of hydrogen-bond acceptors (Lipinski definition) is 9. The number of aliphatic hydroxyl groups is 1. The molecular formula is C25H50N4O7. The van der Waals surface area contributed by atoms with Crippen molar-refractivity contribution in [1.82, 2.24) is 10.6 Å². The van der Waals surface area contributed by atoms with E-state index in [1.807, 2.05) is 0 Å². The molecule has 212 valence electrons. The first-order valence-corrected chi connectivity index (χ1v) is 13.2. The molecule has 0 aliphatic carbocycles. The average Bonchev–Trinajstić information content (AvgIpc) is 2.88. The van der Waals surface area contributed by atoms with Crippen molar-refractivity contribution < 1.29 is 33.8 Å². The van der Waals surface area contributed by atoms with Gasteiger partial charge in [-0.2, -0.15) is 0 Å². The predicted molar refractivity (Wildman–Crippen MR) is 139 cm³/mol. The second-order valence-electron chi connectivity index (χ2n) is 8.31. The maximum Gasteiger partial charge on any atom is 0.306 e. The molecule has 2 amide bonds. The number of nitrogens with two attached hydrogens (primary N) is 2. The van der Waals surface area contributed by atoms with Crippen molar-refractivity contribution in [1.29, 1.82) is 0 Å². The van der Waals surface area contributed by atoms with E-state index in [-0.39, 0.29) is 39.0 Å². The van der Waals surface area contributed by atoms with Crippen LogP contribution in [0.15, 0.2) is 0 Å². The molecule has 36 heavy (non-hydrogen) atoms.